The SMILES string of the molecule is O=C(O)C1=C(COC(=O)N2CCC(O)C2)CS[C@H]2C(NC(=O)C(=NOc3ccccc3C(c3ccccc3)c3ccccc3)c3csc(NC(c4ccccc4)(c4ccccc4)c4ccccc4)n3)C(=O)N12. The first-order chi connectivity index (χ1) is 35.2. The zero-order valence-electron chi connectivity index (χ0n) is 38.6. The molecule has 3 aliphatic heterocycles. The zero-order valence-corrected chi connectivity index (χ0v) is 40.2. The number of β-lactam (4-membered cyclic amide) rings is 1. The normalized spacial score (nSPS) is 17.8. The van der Waals surface area contributed by atoms with E-state index >= 15 is 0 Å². The number of benzene rings is 6. The molecule has 362 valence electrons. The lowest BCUT2D eigenvalue weighted by atomic mass is 9.77. The molecular formula is C56H48N6O8S2. The number of carbonyl (C=O) groups is 4. The fraction of sp³-hybridized carbons (Fsp3) is 0.179. The molecular weight excluding hydrogens is 949 g/mol. The second kappa shape index (κ2) is 21.1. The van der Waals surface area contributed by atoms with Crippen LogP contribution in [-0.4, -0.2) is 97.6 Å². The van der Waals surface area contributed by atoms with Crippen LogP contribution < -0.4 is 15.5 Å². The van der Waals surface area contributed by atoms with Gasteiger partial charge in [-0.25, -0.2) is 14.6 Å². The number of para-hydroxylation sites is 1. The number of hydrogen-bond acceptors (Lipinski definition) is 12. The molecule has 0 saturated carbocycles. The Hall–Kier alpha value is -8.05. The molecule has 0 radical (unpaired) electrons. The summed E-state index contributed by atoms with van der Waals surface area (Å²) in [6.07, 6.45) is -0.928. The number of carbonyl (C=O) groups excluding carboxylic acids is 3. The predicted molar refractivity (Wildman–Crippen MR) is 276 cm³/mol. The molecule has 2 fully saturated rings. The maximum atomic E-state index is 14.8. The third-order valence-corrected chi connectivity index (χ3v) is 15.0. The monoisotopic (exact) mass is 996 g/mol. The molecule has 0 aliphatic carbocycles. The van der Waals surface area contributed by atoms with Gasteiger partial charge in [0.15, 0.2) is 16.6 Å². The number of aliphatic hydroxyl groups excluding tert-OH is 1. The molecule has 2 unspecified atom stereocenters. The summed E-state index contributed by atoms with van der Waals surface area (Å²) in [5.41, 5.74) is 4.54. The zero-order chi connectivity index (χ0) is 49.6. The van der Waals surface area contributed by atoms with Crippen LogP contribution in [0.15, 0.2) is 198 Å². The summed E-state index contributed by atoms with van der Waals surface area (Å²) in [6, 6.07) is 56.4. The summed E-state index contributed by atoms with van der Waals surface area (Å²) < 4.78 is 5.45. The largest absolute Gasteiger partial charge is 0.477 e. The van der Waals surface area contributed by atoms with Gasteiger partial charge in [0.2, 0.25) is 0 Å². The first kappa shape index (κ1) is 47.6. The summed E-state index contributed by atoms with van der Waals surface area (Å²) in [6.45, 7) is 0.0671. The molecule has 3 amide bonds. The van der Waals surface area contributed by atoms with Crippen molar-refractivity contribution < 1.29 is 39.0 Å². The molecule has 6 aromatic carbocycles. The Kier molecular flexibility index (Phi) is 14.0. The van der Waals surface area contributed by atoms with E-state index in [1.807, 2.05) is 133 Å². The molecule has 16 heteroatoms. The van der Waals surface area contributed by atoms with Crippen LogP contribution in [0.2, 0.25) is 0 Å². The highest BCUT2D eigenvalue weighted by Gasteiger charge is 2.54. The number of aliphatic hydroxyl groups is 1. The van der Waals surface area contributed by atoms with Crippen molar-refractivity contribution in [2.45, 2.75) is 35.4 Å². The molecule has 72 heavy (non-hydrogen) atoms. The molecule has 10 rings (SSSR count). The number of anilines is 1. The van der Waals surface area contributed by atoms with Crippen molar-refractivity contribution >= 4 is 57.8 Å². The fourth-order valence-corrected chi connectivity index (χ4v) is 11.6. The van der Waals surface area contributed by atoms with Gasteiger partial charge in [0, 0.05) is 41.3 Å². The highest BCUT2D eigenvalue weighted by Crippen LogP contribution is 2.43. The quantitative estimate of drug-likeness (QED) is 0.0316. The third-order valence-electron chi connectivity index (χ3n) is 12.9. The molecule has 3 atom stereocenters. The number of carboxylic acids is 1. The molecule has 4 N–H and O–H groups in total. The summed E-state index contributed by atoms with van der Waals surface area (Å²) in [4.78, 5) is 68.2. The minimum Gasteiger partial charge on any atom is -0.477 e. The van der Waals surface area contributed by atoms with Crippen LogP contribution in [0.3, 0.4) is 0 Å². The van der Waals surface area contributed by atoms with Gasteiger partial charge in [-0.3, -0.25) is 14.5 Å². The van der Waals surface area contributed by atoms with Gasteiger partial charge in [0.25, 0.3) is 11.8 Å². The number of aromatic nitrogens is 1. The average Bonchev–Trinajstić information content (AvgIpc) is 4.09. The Labute approximate surface area is 423 Å². The molecule has 1 aromatic heterocycles. The second-order valence-electron chi connectivity index (χ2n) is 17.4. The number of rotatable bonds is 16. The average molecular weight is 997 g/mol. The van der Waals surface area contributed by atoms with Gasteiger partial charge in [-0.05, 0) is 40.3 Å². The van der Waals surface area contributed by atoms with Crippen molar-refractivity contribution in [1.29, 1.82) is 0 Å². The number of β-amino-alcohol motifs (C(OH)–C–C–N with tert-alkyl or cyclic N) is 1. The number of thioether (sulfide) groups is 1. The minimum absolute atomic E-state index is 0.107. The van der Waals surface area contributed by atoms with Gasteiger partial charge in [-0.2, -0.15) is 0 Å². The van der Waals surface area contributed by atoms with Crippen LogP contribution in [-0.2, 0) is 24.7 Å². The number of nitrogens with zero attached hydrogens (tertiary/aromatic N) is 4. The van der Waals surface area contributed by atoms with Gasteiger partial charge < -0.3 is 35.3 Å². The van der Waals surface area contributed by atoms with E-state index in [0.717, 1.165) is 38.3 Å². The Morgan fingerprint density at radius 2 is 1.33 bits per heavy atom. The van der Waals surface area contributed by atoms with E-state index in [9.17, 15) is 29.4 Å². The Morgan fingerprint density at radius 1 is 0.778 bits per heavy atom. The number of amides is 3. The number of thiazole rings is 1. The molecule has 4 heterocycles. The van der Waals surface area contributed by atoms with Crippen molar-refractivity contribution in [2.24, 2.45) is 5.16 Å². The molecule has 0 bridgehead atoms. The van der Waals surface area contributed by atoms with E-state index in [2.05, 4.69) is 52.2 Å². The minimum atomic E-state index is -1.38. The second-order valence-corrected chi connectivity index (χ2v) is 19.4. The number of nitrogens with one attached hydrogen (secondary N) is 2. The van der Waals surface area contributed by atoms with Crippen LogP contribution in [0.5, 0.6) is 5.75 Å². The Balaban J connectivity index is 0.996. The maximum absolute atomic E-state index is 14.8. The van der Waals surface area contributed by atoms with Crippen LogP contribution in [0.4, 0.5) is 9.93 Å². The lowest BCUT2D eigenvalue weighted by Crippen LogP contribution is -2.71. The summed E-state index contributed by atoms with van der Waals surface area (Å²) in [5.74, 6) is -2.60. The maximum Gasteiger partial charge on any atom is 0.410 e. The van der Waals surface area contributed by atoms with Gasteiger partial charge in [0.1, 0.15) is 35.0 Å². The topological polar surface area (TPSA) is 183 Å². The highest BCUT2D eigenvalue weighted by molar-refractivity contribution is 8.00. The molecule has 7 aromatic rings. The van der Waals surface area contributed by atoms with Gasteiger partial charge in [-0.1, -0.05) is 175 Å². The number of hydrogen-bond donors (Lipinski definition) is 4. The van der Waals surface area contributed by atoms with Crippen LogP contribution >= 0.6 is 23.1 Å². The molecule has 3 aliphatic rings. The standard InChI is InChI=1S/C56H48N6O8S2/c63-42-30-31-61(32-42)55(68)69-33-38-34-71-52-48(51(65)62(52)49(38)53(66)67)58-50(64)47(60-70-45-29-17-16-28-43(45)46(36-18-6-1-7-19-36)37-20-8-2-9-21-37)44-35-72-54(57-44)59-56(39-22-10-3-11-23-39,40-24-12-4-13-25-40)41-26-14-5-15-27-41/h1-29,35,42,46,48,52,63H,30-34H2,(H,57,59)(H,58,64)(H,66,67)/t42?,48?,52-/m0/s1. The summed E-state index contributed by atoms with van der Waals surface area (Å²) in [5, 5.41) is 32.8. The van der Waals surface area contributed by atoms with Crippen molar-refractivity contribution in [2.75, 3.05) is 30.8 Å². The van der Waals surface area contributed by atoms with Crippen molar-refractivity contribution in [1.82, 2.24) is 20.1 Å². The fourth-order valence-electron chi connectivity index (χ4n) is 9.48. The number of oxime groups is 1. The van der Waals surface area contributed by atoms with Gasteiger partial charge >= 0.3 is 12.1 Å². The first-order valence-corrected chi connectivity index (χ1v) is 25.3. The van der Waals surface area contributed by atoms with Crippen molar-refractivity contribution in [3.05, 3.63) is 232 Å². The van der Waals surface area contributed by atoms with Crippen LogP contribution in [0, 0.1) is 0 Å². The van der Waals surface area contributed by atoms with Crippen LogP contribution in [0.1, 0.15) is 51.4 Å². The van der Waals surface area contributed by atoms with E-state index in [0.29, 0.717) is 23.8 Å². The van der Waals surface area contributed by atoms with E-state index in [-0.39, 0.29) is 47.5 Å². The van der Waals surface area contributed by atoms with E-state index in [4.69, 9.17) is 14.6 Å². The van der Waals surface area contributed by atoms with E-state index in [1.54, 1.807) is 11.4 Å². The number of carboxylic acid groups (broad SMARTS) is 1. The number of likely N-dealkylation sites (tertiary alicyclic amines) is 1. The number of ether oxygens (including phenoxy) is 1. The number of aliphatic carboxylic acids is 1. The van der Waals surface area contributed by atoms with Gasteiger partial charge in [0.05, 0.1) is 6.10 Å². The summed E-state index contributed by atoms with van der Waals surface area (Å²) >= 11 is 2.50. The molecule has 0 spiro atoms. The smallest absolute Gasteiger partial charge is 0.410 e. The first-order valence-electron chi connectivity index (χ1n) is 23.3. The predicted octanol–water partition coefficient (Wildman–Crippen LogP) is 8.45. The van der Waals surface area contributed by atoms with Gasteiger partial charge in [-0.15, -0.1) is 23.1 Å². The molecule has 2 saturated heterocycles. The van der Waals surface area contributed by atoms with Crippen molar-refractivity contribution in [3.8, 4) is 5.75 Å². The Bertz CT molecular complexity index is 3010. The highest BCUT2D eigenvalue weighted by atomic mass is 32.2. The molecule has 14 nitrogen and oxygen atoms in total. The van der Waals surface area contributed by atoms with Crippen molar-refractivity contribution in [3.63, 3.8) is 0 Å². The Morgan fingerprint density at radius 3 is 1.89 bits per heavy atom. The third kappa shape index (κ3) is 9.59. The summed E-state index contributed by atoms with van der Waals surface area (Å²) in [7, 11) is 0. The lowest BCUT2D eigenvalue weighted by Gasteiger charge is -2.49. The number of fused-ring (bicyclic) bond motifs is 1. The lowest BCUT2D eigenvalue weighted by molar-refractivity contribution is -0.150. The van der Waals surface area contributed by atoms with E-state index in [1.165, 1.54) is 28.0 Å². The van der Waals surface area contributed by atoms with Crippen LogP contribution in [0.25, 0.3) is 0 Å². The van der Waals surface area contributed by atoms with E-state index < -0.39 is 46.9 Å².